The zero-order valence-electron chi connectivity index (χ0n) is 10.1. The minimum atomic E-state index is 0.403. The summed E-state index contributed by atoms with van der Waals surface area (Å²) in [5.41, 5.74) is 6.32. The third kappa shape index (κ3) is 3.80. The monoisotopic (exact) mass is 229 g/mol. The maximum atomic E-state index is 5.94. The molecule has 2 heteroatoms. The maximum absolute atomic E-state index is 5.94. The Balaban J connectivity index is 1.93. The highest BCUT2D eigenvalue weighted by Gasteiger charge is 2.14. The van der Waals surface area contributed by atoms with Crippen LogP contribution in [0.15, 0.2) is 24.3 Å². The van der Waals surface area contributed by atoms with Crippen LogP contribution < -0.4 is 10.5 Å². The second kappa shape index (κ2) is 6.32. The summed E-state index contributed by atoms with van der Waals surface area (Å²) < 4.78 is 5.94. The first-order valence-electron chi connectivity index (χ1n) is 6.34. The van der Waals surface area contributed by atoms with Gasteiger partial charge in [0.05, 0.1) is 12.6 Å². The second-order valence-electron chi connectivity index (χ2n) is 4.41. The van der Waals surface area contributed by atoms with Crippen molar-refractivity contribution in [3.63, 3.8) is 0 Å². The molecule has 2 N–H and O–H groups in total. The average molecular weight is 229 g/mol. The molecule has 90 valence electrons. The fourth-order valence-corrected chi connectivity index (χ4v) is 2.15. The first-order valence-corrected chi connectivity index (χ1v) is 6.34. The number of ether oxygens (including phenoxy) is 1. The Morgan fingerprint density at radius 1 is 1.12 bits per heavy atom. The Morgan fingerprint density at radius 2 is 1.82 bits per heavy atom. The molecule has 0 aliphatic heterocycles. The van der Waals surface area contributed by atoms with Crippen LogP contribution in [0.3, 0.4) is 0 Å². The lowest BCUT2D eigenvalue weighted by Crippen LogP contribution is -2.19. The number of hydrogen-bond acceptors (Lipinski definition) is 2. The molecule has 0 saturated heterocycles. The van der Waals surface area contributed by atoms with E-state index in [1.54, 1.807) is 0 Å². The Kier molecular flexibility index (Phi) is 4.46. The van der Waals surface area contributed by atoms with E-state index in [4.69, 9.17) is 10.5 Å². The molecule has 1 fully saturated rings. The smallest absolute Gasteiger partial charge is 0.119 e. The molecule has 1 aliphatic rings. The van der Waals surface area contributed by atoms with Gasteiger partial charge in [-0.25, -0.2) is 0 Å². The van der Waals surface area contributed by atoms with Gasteiger partial charge in [0.2, 0.25) is 0 Å². The molecule has 1 saturated carbocycles. The van der Waals surface area contributed by atoms with Gasteiger partial charge in [-0.05, 0) is 49.9 Å². The van der Waals surface area contributed by atoms with Gasteiger partial charge in [-0.3, -0.25) is 0 Å². The van der Waals surface area contributed by atoms with E-state index in [9.17, 15) is 0 Å². The lowest BCUT2D eigenvalue weighted by Gasteiger charge is -2.22. The summed E-state index contributed by atoms with van der Waals surface area (Å²) >= 11 is 0. The van der Waals surface area contributed by atoms with E-state index in [0.717, 1.165) is 11.3 Å². The highest BCUT2D eigenvalue weighted by molar-refractivity contribution is 5.38. The molecule has 0 spiro atoms. The van der Waals surface area contributed by atoms with E-state index < -0.39 is 0 Å². The van der Waals surface area contributed by atoms with Crippen molar-refractivity contribution in [3.05, 3.63) is 29.8 Å². The van der Waals surface area contributed by atoms with Crippen LogP contribution >= 0.6 is 0 Å². The predicted octanol–water partition coefficient (Wildman–Crippen LogP) is 2.71. The van der Waals surface area contributed by atoms with Crippen molar-refractivity contribution in [3.8, 4) is 17.6 Å². The van der Waals surface area contributed by atoms with Crippen molar-refractivity contribution in [2.75, 3.05) is 6.54 Å². The summed E-state index contributed by atoms with van der Waals surface area (Å²) in [6.45, 7) is 0.403. The normalized spacial score (nSPS) is 16.1. The third-order valence-corrected chi connectivity index (χ3v) is 3.04. The van der Waals surface area contributed by atoms with Gasteiger partial charge in [0.1, 0.15) is 5.75 Å². The van der Waals surface area contributed by atoms with E-state index in [0.29, 0.717) is 12.6 Å². The molecule has 0 unspecified atom stereocenters. The zero-order chi connectivity index (χ0) is 11.9. The zero-order valence-corrected chi connectivity index (χ0v) is 10.1. The molecule has 0 atom stereocenters. The Labute approximate surface area is 103 Å². The maximum Gasteiger partial charge on any atom is 0.119 e. The van der Waals surface area contributed by atoms with Crippen molar-refractivity contribution in [2.24, 2.45) is 5.73 Å². The van der Waals surface area contributed by atoms with E-state index >= 15 is 0 Å². The minimum absolute atomic E-state index is 0.403. The fraction of sp³-hybridized carbons (Fsp3) is 0.467. The van der Waals surface area contributed by atoms with Crippen LogP contribution in [0.5, 0.6) is 5.75 Å². The summed E-state index contributed by atoms with van der Waals surface area (Å²) in [7, 11) is 0. The molecule has 1 aliphatic carbocycles. The Hall–Kier alpha value is -1.46. The summed E-state index contributed by atoms with van der Waals surface area (Å²) in [5.74, 6) is 6.80. The lowest BCUT2D eigenvalue weighted by atomic mass is 9.98. The van der Waals surface area contributed by atoms with Crippen LogP contribution in [0, 0.1) is 11.8 Å². The SMILES string of the molecule is NCC#Cc1ccc(OC2CCCCC2)cc1. The summed E-state index contributed by atoms with van der Waals surface area (Å²) in [6, 6.07) is 7.96. The van der Waals surface area contributed by atoms with E-state index in [2.05, 4.69) is 11.8 Å². The number of nitrogens with two attached hydrogens (primary N) is 1. The van der Waals surface area contributed by atoms with Crippen LogP contribution in [0.25, 0.3) is 0 Å². The third-order valence-electron chi connectivity index (χ3n) is 3.04. The molecule has 2 rings (SSSR count). The molecular formula is C15H19NO. The molecule has 0 amide bonds. The molecule has 0 radical (unpaired) electrons. The van der Waals surface area contributed by atoms with Crippen LogP contribution in [0.4, 0.5) is 0 Å². The quantitative estimate of drug-likeness (QED) is 0.791. The van der Waals surface area contributed by atoms with Crippen LogP contribution in [0.1, 0.15) is 37.7 Å². The largest absolute Gasteiger partial charge is 0.490 e. The van der Waals surface area contributed by atoms with Gasteiger partial charge in [0.25, 0.3) is 0 Å². The summed E-state index contributed by atoms with van der Waals surface area (Å²) in [4.78, 5) is 0. The fourth-order valence-electron chi connectivity index (χ4n) is 2.15. The molecule has 1 aromatic carbocycles. The van der Waals surface area contributed by atoms with Crippen molar-refractivity contribution >= 4 is 0 Å². The van der Waals surface area contributed by atoms with Gasteiger partial charge in [-0.2, -0.15) is 0 Å². The highest BCUT2D eigenvalue weighted by Crippen LogP contribution is 2.23. The lowest BCUT2D eigenvalue weighted by molar-refractivity contribution is 0.155. The first-order chi connectivity index (χ1) is 8.38. The standard InChI is InChI=1S/C15H19NO/c16-12-4-5-13-8-10-15(11-9-13)17-14-6-2-1-3-7-14/h8-11,14H,1-3,6-7,12,16H2. The van der Waals surface area contributed by atoms with Gasteiger partial charge >= 0.3 is 0 Å². The van der Waals surface area contributed by atoms with E-state index in [-0.39, 0.29) is 0 Å². The molecule has 17 heavy (non-hydrogen) atoms. The molecule has 0 heterocycles. The summed E-state index contributed by atoms with van der Waals surface area (Å²) in [6.07, 6.45) is 6.73. The number of hydrogen-bond donors (Lipinski definition) is 1. The van der Waals surface area contributed by atoms with Gasteiger partial charge in [-0.1, -0.05) is 18.3 Å². The van der Waals surface area contributed by atoms with Crippen LogP contribution in [0.2, 0.25) is 0 Å². The van der Waals surface area contributed by atoms with Crippen LogP contribution in [-0.4, -0.2) is 12.6 Å². The van der Waals surface area contributed by atoms with Gasteiger partial charge in [0.15, 0.2) is 0 Å². The number of rotatable bonds is 2. The summed E-state index contributed by atoms with van der Waals surface area (Å²) in [5, 5.41) is 0. The van der Waals surface area contributed by atoms with Gasteiger partial charge in [-0.15, -0.1) is 0 Å². The average Bonchev–Trinajstić information content (AvgIpc) is 2.39. The number of benzene rings is 1. The molecule has 0 bridgehead atoms. The topological polar surface area (TPSA) is 35.2 Å². The first kappa shape index (κ1) is 12.0. The van der Waals surface area contributed by atoms with Crippen molar-refractivity contribution in [1.29, 1.82) is 0 Å². The molecule has 2 nitrogen and oxygen atoms in total. The molecular weight excluding hydrogens is 210 g/mol. The van der Waals surface area contributed by atoms with E-state index in [1.165, 1.54) is 32.1 Å². The second-order valence-corrected chi connectivity index (χ2v) is 4.41. The predicted molar refractivity (Wildman–Crippen MR) is 69.9 cm³/mol. The van der Waals surface area contributed by atoms with Crippen LogP contribution in [-0.2, 0) is 0 Å². The van der Waals surface area contributed by atoms with E-state index in [1.807, 2.05) is 24.3 Å². The van der Waals surface area contributed by atoms with Crippen molar-refractivity contribution < 1.29 is 4.74 Å². The van der Waals surface area contributed by atoms with Gasteiger partial charge in [0, 0.05) is 5.56 Å². The minimum Gasteiger partial charge on any atom is -0.490 e. The molecule has 1 aromatic rings. The molecule has 0 aromatic heterocycles. The highest BCUT2D eigenvalue weighted by atomic mass is 16.5. The Morgan fingerprint density at radius 3 is 2.47 bits per heavy atom. The van der Waals surface area contributed by atoms with Gasteiger partial charge < -0.3 is 10.5 Å². The Bertz CT molecular complexity index is 393. The van der Waals surface area contributed by atoms with Crippen molar-refractivity contribution in [2.45, 2.75) is 38.2 Å². The van der Waals surface area contributed by atoms with Crippen molar-refractivity contribution in [1.82, 2.24) is 0 Å².